The Morgan fingerprint density at radius 2 is 1.82 bits per heavy atom. The minimum Gasteiger partial charge on any atom is -0.487 e. The lowest BCUT2D eigenvalue weighted by atomic mass is 9.53. The average molecular weight is 462 g/mol. The number of ether oxygens (including phenoxy) is 1. The van der Waals surface area contributed by atoms with Gasteiger partial charge >= 0.3 is 0 Å². The van der Waals surface area contributed by atoms with Crippen molar-refractivity contribution in [1.82, 2.24) is 25.2 Å². The Labute approximate surface area is 199 Å². The summed E-state index contributed by atoms with van der Waals surface area (Å²) in [5.74, 6) is 3.09. The van der Waals surface area contributed by atoms with Gasteiger partial charge in [0.1, 0.15) is 18.1 Å². The molecule has 2 amide bonds. The molecule has 8 heteroatoms. The van der Waals surface area contributed by atoms with E-state index in [-0.39, 0.29) is 23.4 Å². The lowest BCUT2D eigenvalue weighted by Gasteiger charge is -2.56. The molecule has 5 fully saturated rings. The van der Waals surface area contributed by atoms with Gasteiger partial charge in [-0.25, -0.2) is 4.68 Å². The van der Waals surface area contributed by atoms with E-state index in [1.54, 1.807) is 0 Å². The van der Waals surface area contributed by atoms with Crippen LogP contribution in [0, 0.1) is 17.8 Å². The summed E-state index contributed by atoms with van der Waals surface area (Å²) in [5, 5.41) is 11.5. The van der Waals surface area contributed by atoms with Gasteiger partial charge in [0.05, 0.1) is 17.8 Å². The second-order valence-corrected chi connectivity index (χ2v) is 11.4. The molecule has 178 valence electrons. The Kier molecular flexibility index (Phi) is 4.63. The lowest BCUT2D eigenvalue weighted by Crippen LogP contribution is -2.52. The highest BCUT2D eigenvalue weighted by Gasteiger charge is 2.52. The van der Waals surface area contributed by atoms with Gasteiger partial charge in [0.2, 0.25) is 11.8 Å². The molecule has 1 aromatic heterocycles. The summed E-state index contributed by atoms with van der Waals surface area (Å²) in [6.45, 7) is 1.74. The molecule has 34 heavy (non-hydrogen) atoms. The predicted octanol–water partition coefficient (Wildman–Crippen LogP) is 2.90. The molecule has 2 aliphatic heterocycles. The average Bonchev–Trinajstić information content (AvgIpc) is 3.45. The molecule has 0 radical (unpaired) electrons. The van der Waals surface area contributed by atoms with Gasteiger partial charge in [0.25, 0.3) is 0 Å². The van der Waals surface area contributed by atoms with E-state index >= 15 is 0 Å². The molecule has 4 aliphatic carbocycles. The fourth-order valence-corrected chi connectivity index (χ4v) is 7.90. The van der Waals surface area contributed by atoms with Crippen LogP contribution in [-0.2, 0) is 34.8 Å². The first-order chi connectivity index (χ1) is 16.5. The molecule has 6 aliphatic rings. The Hall–Kier alpha value is -2.74. The van der Waals surface area contributed by atoms with Crippen LogP contribution in [0.2, 0.25) is 0 Å². The standard InChI is InChI=1S/C26H31N5O3/c32-24-5-4-22(25(33)27-24)30-12-19-2-1-3-23(21(19)14-30)34-15-20-13-31(29-28-20)26-9-16-6-17(10-26)8-18(7-16)11-26/h1-3,13,16-18,22H,4-12,14-15H2,(H,27,32,33). The third-order valence-corrected chi connectivity index (χ3v) is 9.02. The van der Waals surface area contributed by atoms with Crippen LogP contribution in [0.15, 0.2) is 24.4 Å². The van der Waals surface area contributed by atoms with Crippen LogP contribution in [0.4, 0.5) is 0 Å². The molecule has 1 aromatic carbocycles. The number of amides is 2. The number of nitrogens with one attached hydrogen (secondary N) is 1. The van der Waals surface area contributed by atoms with Crippen molar-refractivity contribution in [2.24, 2.45) is 17.8 Å². The fraction of sp³-hybridized carbons (Fsp3) is 0.615. The van der Waals surface area contributed by atoms with Crippen molar-refractivity contribution in [1.29, 1.82) is 0 Å². The van der Waals surface area contributed by atoms with Gasteiger partial charge in [-0.2, -0.15) is 0 Å². The molecule has 3 heterocycles. The SMILES string of the molecule is O=C1CCC(N2Cc3cccc(OCc4cn(C56CC7CC(CC(C7)C5)C6)nn4)c3C2)C(=O)N1. The summed E-state index contributed by atoms with van der Waals surface area (Å²) in [5.41, 5.74) is 3.35. The highest BCUT2D eigenvalue weighted by molar-refractivity contribution is 6.00. The molecule has 1 saturated heterocycles. The van der Waals surface area contributed by atoms with Crippen LogP contribution in [0.1, 0.15) is 68.2 Å². The maximum absolute atomic E-state index is 12.3. The van der Waals surface area contributed by atoms with Gasteiger partial charge in [-0.05, 0) is 74.3 Å². The first-order valence-corrected chi connectivity index (χ1v) is 12.8. The zero-order chi connectivity index (χ0) is 22.9. The van der Waals surface area contributed by atoms with Gasteiger partial charge in [-0.15, -0.1) is 5.10 Å². The molecule has 1 atom stereocenters. The van der Waals surface area contributed by atoms with Crippen molar-refractivity contribution in [3.05, 3.63) is 41.2 Å². The molecule has 0 spiro atoms. The Bertz CT molecular complexity index is 1120. The normalized spacial score (nSPS) is 34.4. The number of carbonyl (C=O) groups excluding carboxylic acids is 2. The minimum absolute atomic E-state index is 0.177. The van der Waals surface area contributed by atoms with E-state index in [1.165, 1.54) is 44.1 Å². The molecule has 4 saturated carbocycles. The summed E-state index contributed by atoms with van der Waals surface area (Å²) >= 11 is 0. The number of aromatic nitrogens is 3. The topological polar surface area (TPSA) is 89.3 Å². The number of fused-ring (bicyclic) bond motifs is 1. The third-order valence-electron chi connectivity index (χ3n) is 9.02. The van der Waals surface area contributed by atoms with E-state index in [4.69, 9.17) is 4.74 Å². The molecule has 1 unspecified atom stereocenters. The summed E-state index contributed by atoms with van der Waals surface area (Å²) < 4.78 is 8.43. The van der Waals surface area contributed by atoms with Crippen LogP contribution in [0.5, 0.6) is 5.75 Å². The van der Waals surface area contributed by atoms with E-state index in [0.717, 1.165) is 34.8 Å². The highest BCUT2D eigenvalue weighted by atomic mass is 16.5. The summed E-state index contributed by atoms with van der Waals surface area (Å²) in [6.07, 6.45) is 11.1. The maximum Gasteiger partial charge on any atom is 0.243 e. The number of rotatable bonds is 5. The van der Waals surface area contributed by atoms with Crippen molar-refractivity contribution in [2.75, 3.05) is 0 Å². The van der Waals surface area contributed by atoms with Crippen molar-refractivity contribution in [3.8, 4) is 5.75 Å². The minimum atomic E-state index is -0.266. The number of benzene rings is 1. The van der Waals surface area contributed by atoms with E-state index in [9.17, 15) is 9.59 Å². The molecular formula is C26H31N5O3. The van der Waals surface area contributed by atoms with E-state index < -0.39 is 0 Å². The molecule has 1 N–H and O–H groups in total. The Morgan fingerprint density at radius 3 is 2.56 bits per heavy atom. The van der Waals surface area contributed by atoms with Crippen LogP contribution >= 0.6 is 0 Å². The van der Waals surface area contributed by atoms with Crippen LogP contribution in [0.25, 0.3) is 0 Å². The highest BCUT2D eigenvalue weighted by Crippen LogP contribution is 2.58. The molecule has 8 nitrogen and oxygen atoms in total. The molecular weight excluding hydrogens is 430 g/mol. The van der Waals surface area contributed by atoms with Crippen molar-refractivity contribution in [3.63, 3.8) is 0 Å². The first kappa shape index (κ1) is 20.6. The maximum atomic E-state index is 12.3. The van der Waals surface area contributed by atoms with Crippen molar-refractivity contribution < 1.29 is 14.3 Å². The predicted molar refractivity (Wildman–Crippen MR) is 122 cm³/mol. The quantitative estimate of drug-likeness (QED) is 0.689. The molecule has 4 bridgehead atoms. The van der Waals surface area contributed by atoms with Gasteiger partial charge in [0, 0.05) is 25.1 Å². The summed E-state index contributed by atoms with van der Waals surface area (Å²) in [6, 6.07) is 5.83. The fourth-order valence-electron chi connectivity index (χ4n) is 7.90. The smallest absolute Gasteiger partial charge is 0.243 e. The van der Waals surface area contributed by atoms with Crippen LogP contribution in [-0.4, -0.2) is 37.7 Å². The summed E-state index contributed by atoms with van der Waals surface area (Å²) in [4.78, 5) is 26.0. The largest absolute Gasteiger partial charge is 0.487 e. The monoisotopic (exact) mass is 461 g/mol. The Morgan fingerprint density at radius 1 is 1.06 bits per heavy atom. The molecule has 8 rings (SSSR count). The number of piperidine rings is 1. The van der Waals surface area contributed by atoms with Gasteiger partial charge < -0.3 is 4.74 Å². The number of imide groups is 1. The zero-order valence-electron chi connectivity index (χ0n) is 19.4. The van der Waals surface area contributed by atoms with Crippen LogP contribution in [0.3, 0.4) is 0 Å². The number of carbonyl (C=O) groups is 2. The molecule has 2 aromatic rings. The summed E-state index contributed by atoms with van der Waals surface area (Å²) in [7, 11) is 0. The second kappa shape index (κ2) is 7.63. The van der Waals surface area contributed by atoms with E-state index in [1.807, 2.05) is 12.1 Å². The van der Waals surface area contributed by atoms with Crippen molar-refractivity contribution in [2.45, 2.75) is 82.6 Å². The second-order valence-electron chi connectivity index (χ2n) is 11.4. The number of nitrogens with zero attached hydrogens (tertiary/aromatic N) is 4. The van der Waals surface area contributed by atoms with Crippen molar-refractivity contribution >= 4 is 11.8 Å². The van der Waals surface area contributed by atoms with Gasteiger partial charge in [0.15, 0.2) is 0 Å². The number of hydrogen-bond acceptors (Lipinski definition) is 6. The number of hydrogen-bond donors (Lipinski definition) is 1. The first-order valence-electron chi connectivity index (χ1n) is 12.8. The zero-order valence-corrected chi connectivity index (χ0v) is 19.4. The van der Waals surface area contributed by atoms with E-state index in [0.29, 0.717) is 32.5 Å². The third kappa shape index (κ3) is 3.37. The van der Waals surface area contributed by atoms with E-state index in [2.05, 4.69) is 37.5 Å². The van der Waals surface area contributed by atoms with Crippen LogP contribution < -0.4 is 10.1 Å². The van der Waals surface area contributed by atoms with Gasteiger partial charge in [-0.3, -0.25) is 19.8 Å². The lowest BCUT2D eigenvalue weighted by molar-refractivity contribution is -0.137. The Balaban J connectivity index is 1.04. The van der Waals surface area contributed by atoms with Gasteiger partial charge in [-0.1, -0.05) is 17.3 Å².